The fraction of sp³-hybridized carbons (Fsp3) is 0.273. The Morgan fingerprint density at radius 3 is 2.60 bits per heavy atom. The van der Waals surface area contributed by atoms with Crippen LogP contribution in [0.5, 0.6) is 0 Å². The molecule has 0 unspecified atom stereocenters. The minimum atomic E-state index is -0.380. The van der Waals surface area contributed by atoms with Crippen LogP contribution in [0.3, 0.4) is 0 Å². The van der Waals surface area contributed by atoms with Gasteiger partial charge in [0.15, 0.2) is 0 Å². The Morgan fingerprint density at radius 2 is 2.07 bits per heavy atom. The molecule has 1 N–H and O–H groups in total. The Labute approximate surface area is 88.2 Å². The van der Waals surface area contributed by atoms with Gasteiger partial charge < -0.3 is 5.11 Å². The molecule has 1 heterocycles. The van der Waals surface area contributed by atoms with E-state index in [1.807, 2.05) is 31.2 Å². The molecule has 0 amide bonds. The molecule has 1 atom stereocenters. The van der Waals surface area contributed by atoms with Crippen molar-refractivity contribution in [3.05, 3.63) is 42.5 Å². The lowest BCUT2D eigenvalue weighted by Gasteiger charge is -2.08. The molecule has 0 saturated heterocycles. The minimum absolute atomic E-state index is 0.380. The second-order valence-corrected chi connectivity index (χ2v) is 3.36. The van der Waals surface area contributed by atoms with E-state index in [1.54, 1.807) is 11.0 Å². The lowest BCUT2D eigenvalue weighted by molar-refractivity contribution is 0.173. The highest BCUT2D eigenvalue weighted by Crippen LogP contribution is 2.17. The molecule has 0 aliphatic heterocycles. The summed E-state index contributed by atoms with van der Waals surface area (Å²) in [6.45, 7) is 1.95. The van der Waals surface area contributed by atoms with Gasteiger partial charge in [-0.05, 0) is 24.1 Å². The Bertz CT molecular complexity index is 408. The first kappa shape index (κ1) is 9.86. The van der Waals surface area contributed by atoms with Crippen molar-refractivity contribution in [1.82, 2.24) is 14.8 Å². The molecule has 78 valence electrons. The fourth-order valence-electron chi connectivity index (χ4n) is 1.43. The Balaban J connectivity index is 2.25. The zero-order valence-electron chi connectivity index (χ0n) is 8.54. The van der Waals surface area contributed by atoms with Crippen molar-refractivity contribution in [2.75, 3.05) is 0 Å². The third-order valence-corrected chi connectivity index (χ3v) is 2.35. The molecular formula is C11H13N3O. The van der Waals surface area contributed by atoms with Gasteiger partial charge in [-0.25, -0.2) is 9.67 Å². The van der Waals surface area contributed by atoms with Gasteiger partial charge in [-0.2, -0.15) is 5.10 Å². The Kier molecular flexibility index (Phi) is 2.78. The van der Waals surface area contributed by atoms with Gasteiger partial charge in [0.25, 0.3) is 0 Å². The molecule has 0 fully saturated rings. The summed E-state index contributed by atoms with van der Waals surface area (Å²) < 4.78 is 1.68. The highest BCUT2D eigenvalue weighted by molar-refractivity contribution is 5.34. The molecule has 0 saturated carbocycles. The largest absolute Gasteiger partial charge is 0.388 e. The van der Waals surface area contributed by atoms with Gasteiger partial charge in [-0.3, -0.25) is 0 Å². The number of hydrogen-bond acceptors (Lipinski definition) is 3. The summed E-state index contributed by atoms with van der Waals surface area (Å²) in [4.78, 5) is 3.87. The molecule has 0 bridgehead atoms. The van der Waals surface area contributed by atoms with Crippen molar-refractivity contribution in [3.63, 3.8) is 0 Å². The SMILES string of the molecule is CC[C@@H](O)c1ccc(-n2cncn2)cc1. The van der Waals surface area contributed by atoms with E-state index in [9.17, 15) is 5.11 Å². The van der Waals surface area contributed by atoms with Crippen LogP contribution in [0, 0.1) is 0 Å². The van der Waals surface area contributed by atoms with Crippen LogP contribution in [-0.4, -0.2) is 19.9 Å². The molecule has 0 aliphatic rings. The van der Waals surface area contributed by atoms with Crippen LogP contribution in [0.1, 0.15) is 25.0 Å². The zero-order chi connectivity index (χ0) is 10.7. The monoisotopic (exact) mass is 203 g/mol. The van der Waals surface area contributed by atoms with E-state index in [0.717, 1.165) is 17.7 Å². The average Bonchev–Trinajstić information content (AvgIpc) is 2.82. The van der Waals surface area contributed by atoms with Gasteiger partial charge in [0.1, 0.15) is 12.7 Å². The maximum atomic E-state index is 9.62. The summed E-state index contributed by atoms with van der Waals surface area (Å²) >= 11 is 0. The number of benzene rings is 1. The summed E-state index contributed by atoms with van der Waals surface area (Å²) in [5, 5.41) is 13.6. The van der Waals surface area contributed by atoms with Gasteiger partial charge in [0.05, 0.1) is 11.8 Å². The fourth-order valence-corrected chi connectivity index (χ4v) is 1.43. The van der Waals surface area contributed by atoms with E-state index in [2.05, 4.69) is 10.1 Å². The highest BCUT2D eigenvalue weighted by atomic mass is 16.3. The van der Waals surface area contributed by atoms with Crippen LogP contribution in [0.15, 0.2) is 36.9 Å². The van der Waals surface area contributed by atoms with Crippen molar-refractivity contribution >= 4 is 0 Å². The lowest BCUT2D eigenvalue weighted by atomic mass is 10.1. The van der Waals surface area contributed by atoms with E-state index >= 15 is 0 Å². The third-order valence-electron chi connectivity index (χ3n) is 2.35. The van der Waals surface area contributed by atoms with Crippen molar-refractivity contribution in [3.8, 4) is 5.69 Å². The lowest BCUT2D eigenvalue weighted by Crippen LogP contribution is -1.97. The van der Waals surface area contributed by atoms with Crippen LogP contribution in [0.2, 0.25) is 0 Å². The van der Waals surface area contributed by atoms with Crippen molar-refractivity contribution in [2.45, 2.75) is 19.4 Å². The quantitative estimate of drug-likeness (QED) is 0.826. The van der Waals surface area contributed by atoms with E-state index in [4.69, 9.17) is 0 Å². The maximum absolute atomic E-state index is 9.62. The van der Waals surface area contributed by atoms with Crippen molar-refractivity contribution in [1.29, 1.82) is 0 Å². The number of rotatable bonds is 3. The first-order chi connectivity index (χ1) is 7.31. The van der Waals surface area contributed by atoms with Crippen molar-refractivity contribution < 1.29 is 5.11 Å². The van der Waals surface area contributed by atoms with Crippen LogP contribution in [0.4, 0.5) is 0 Å². The second-order valence-electron chi connectivity index (χ2n) is 3.36. The topological polar surface area (TPSA) is 50.9 Å². The van der Waals surface area contributed by atoms with E-state index in [1.165, 1.54) is 6.33 Å². The minimum Gasteiger partial charge on any atom is -0.388 e. The molecule has 0 spiro atoms. The first-order valence-corrected chi connectivity index (χ1v) is 4.94. The smallest absolute Gasteiger partial charge is 0.138 e. The summed E-state index contributed by atoms with van der Waals surface area (Å²) in [5.41, 5.74) is 1.88. The number of aromatic nitrogens is 3. The van der Waals surface area contributed by atoms with Crippen LogP contribution in [-0.2, 0) is 0 Å². The molecular weight excluding hydrogens is 190 g/mol. The van der Waals surface area contributed by atoms with Crippen molar-refractivity contribution in [2.24, 2.45) is 0 Å². The predicted molar refractivity (Wildman–Crippen MR) is 56.6 cm³/mol. The molecule has 0 aliphatic carbocycles. The number of aliphatic hydroxyl groups is 1. The van der Waals surface area contributed by atoms with Gasteiger partial charge in [0.2, 0.25) is 0 Å². The molecule has 2 aromatic rings. The Hall–Kier alpha value is -1.68. The number of nitrogens with zero attached hydrogens (tertiary/aromatic N) is 3. The summed E-state index contributed by atoms with van der Waals surface area (Å²) in [7, 11) is 0. The van der Waals surface area contributed by atoms with E-state index in [-0.39, 0.29) is 6.10 Å². The molecule has 0 radical (unpaired) electrons. The zero-order valence-corrected chi connectivity index (χ0v) is 8.54. The highest BCUT2D eigenvalue weighted by Gasteiger charge is 2.04. The number of aliphatic hydroxyl groups excluding tert-OH is 1. The molecule has 1 aromatic heterocycles. The maximum Gasteiger partial charge on any atom is 0.138 e. The molecule has 4 heteroatoms. The molecule has 2 rings (SSSR count). The normalized spacial score (nSPS) is 12.7. The van der Waals surface area contributed by atoms with E-state index < -0.39 is 0 Å². The molecule has 15 heavy (non-hydrogen) atoms. The van der Waals surface area contributed by atoms with Crippen LogP contribution in [0.25, 0.3) is 5.69 Å². The second kappa shape index (κ2) is 4.23. The molecule has 4 nitrogen and oxygen atoms in total. The molecule has 1 aromatic carbocycles. The van der Waals surface area contributed by atoms with Crippen LogP contribution < -0.4 is 0 Å². The average molecular weight is 203 g/mol. The van der Waals surface area contributed by atoms with E-state index in [0.29, 0.717) is 0 Å². The summed E-state index contributed by atoms with van der Waals surface area (Å²) in [5.74, 6) is 0. The predicted octanol–water partition coefficient (Wildman–Crippen LogP) is 1.71. The standard InChI is InChI=1S/C11H13N3O/c1-2-11(15)9-3-5-10(6-4-9)14-8-12-7-13-14/h3-8,11,15H,2H2,1H3/t11-/m1/s1. The van der Waals surface area contributed by atoms with Gasteiger partial charge >= 0.3 is 0 Å². The van der Waals surface area contributed by atoms with Crippen LogP contribution >= 0.6 is 0 Å². The first-order valence-electron chi connectivity index (χ1n) is 4.94. The Morgan fingerprint density at radius 1 is 1.33 bits per heavy atom. The number of hydrogen-bond donors (Lipinski definition) is 1. The summed E-state index contributed by atoms with van der Waals surface area (Å²) in [6.07, 6.45) is 3.48. The third kappa shape index (κ3) is 2.05. The summed E-state index contributed by atoms with van der Waals surface area (Å²) in [6, 6.07) is 7.65. The van der Waals surface area contributed by atoms with Gasteiger partial charge in [-0.1, -0.05) is 19.1 Å². The van der Waals surface area contributed by atoms with Gasteiger partial charge in [0, 0.05) is 0 Å². The van der Waals surface area contributed by atoms with Gasteiger partial charge in [-0.15, -0.1) is 0 Å².